The van der Waals surface area contributed by atoms with Crippen LogP contribution in [0.3, 0.4) is 0 Å². The van der Waals surface area contributed by atoms with E-state index in [9.17, 15) is 4.79 Å². The standard InChI is InChI=1S/C13H15N5O/c1-9-4-3-5-10(16-9)8-18(2)13(19)11-6-15-7-12(14)17-11/h3-7H,8H2,1-2H3,(H2,14,17). The smallest absolute Gasteiger partial charge is 0.274 e. The van der Waals surface area contributed by atoms with E-state index in [0.29, 0.717) is 6.54 Å². The van der Waals surface area contributed by atoms with E-state index in [4.69, 9.17) is 5.73 Å². The SMILES string of the molecule is Cc1cccc(CN(C)C(=O)c2cncc(N)n2)n1. The van der Waals surface area contributed by atoms with Crippen LogP contribution in [0.2, 0.25) is 0 Å². The average Bonchev–Trinajstić information content (AvgIpc) is 2.38. The summed E-state index contributed by atoms with van der Waals surface area (Å²) in [5, 5.41) is 0. The van der Waals surface area contributed by atoms with Crippen molar-refractivity contribution in [2.75, 3.05) is 12.8 Å². The van der Waals surface area contributed by atoms with E-state index in [2.05, 4.69) is 15.0 Å². The Hall–Kier alpha value is -2.50. The molecule has 19 heavy (non-hydrogen) atoms. The molecule has 98 valence electrons. The Morgan fingerprint density at radius 2 is 2.11 bits per heavy atom. The highest BCUT2D eigenvalue weighted by molar-refractivity contribution is 5.92. The van der Waals surface area contributed by atoms with Gasteiger partial charge in [0.15, 0.2) is 0 Å². The van der Waals surface area contributed by atoms with Crippen LogP contribution < -0.4 is 5.73 Å². The van der Waals surface area contributed by atoms with Gasteiger partial charge in [0, 0.05) is 12.7 Å². The van der Waals surface area contributed by atoms with E-state index in [1.807, 2.05) is 25.1 Å². The summed E-state index contributed by atoms with van der Waals surface area (Å²) in [6.45, 7) is 2.33. The molecule has 0 aromatic carbocycles. The molecule has 0 aliphatic heterocycles. The second kappa shape index (κ2) is 5.43. The summed E-state index contributed by atoms with van der Waals surface area (Å²) >= 11 is 0. The molecule has 2 aromatic rings. The molecule has 0 saturated heterocycles. The summed E-state index contributed by atoms with van der Waals surface area (Å²) in [5.74, 6) is -0.00367. The van der Waals surface area contributed by atoms with Crippen molar-refractivity contribution in [1.29, 1.82) is 0 Å². The Labute approximate surface area is 111 Å². The summed E-state index contributed by atoms with van der Waals surface area (Å²) in [6, 6.07) is 5.70. The largest absolute Gasteiger partial charge is 0.382 e. The topological polar surface area (TPSA) is 85.0 Å². The van der Waals surface area contributed by atoms with Gasteiger partial charge in [-0.15, -0.1) is 0 Å². The predicted octanol–water partition coefficient (Wildman–Crippen LogP) is 1.03. The molecule has 0 spiro atoms. The summed E-state index contributed by atoms with van der Waals surface area (Å²) in [4.78, 5) is 25.8. The van der Waals surface area contributed by atoms with Crippen LogP contribution >= 0.6 is 0 Å². The fourth-order valence-corrected chi connectivity index (χ4v) is 1.68. The van der Waals surface area contributed by atoms with Gasteiger partial charge in [-0.3, -0.25) is 14.8 Å². The number of carbonyl (C=O) groups excluding carboxylic acids is 1. The van der Waals surface area contributed by atoms with Crippen molar-refractivity contribution in [2.24, 2.45) is 0 Å². The molecular formula is C13H15N5O. The zero-order valence-electron chi connectivity index (χ0n) is 10.9. The molecular weight excluding hydrogens is 242 g/mol. The van der Waals surface area contributed by atoms with Crippen molar-refractivity contribution in [3.8, 4) is 0 Å². The number of amides is 1. The molecule has 2 rings (SSSR count). The van der Waals surface area contributed by atoms with Crippen LogP contribution in [-0.4, -0.2) is 32.8 Å². The van der Waals surface area contributed by atoms with Crippen LogP contribution in [-0.2, 0) is 6.54 Å². The minimum atomic E-state index is -0.233. The quantitative estimate of drug-likeness (QED) is 0.887. The lowest BCUT2D eigenvalue weighted by atomic mass is 10.3. The molecule has 0 saturated carbocycles. The van der Waals surface area contributed by atoms with Crippen LogP contribution in [0.1, 0.15) is 21.9 Å². The molecule has 0 unspecified atom stereocenters. The van der Waals surface area contributed by atoms with Gasteiger partial charge < -0.3 is 10.6 Å². The normalized spacial score (nSPS) is 10.2. The van der Waals surface area contributed by atoms with Gasteiger partial charge in [-0.2, -0.15) is 0 Å². The van der Waals surface area contributed by atoms with Crippen molar-refractivity contribution in [1.82, 2.24) is 19.9 Å². The van der Waals surface area contributed by atoms with Gasteiger partial charge in [0.25, 0.3) is 5.91 Å². The maximum Gasteiger partial charge on any atom is 0.274 e. The van der Waals surface area contributed by atoms with Crippen LogP contribution in [0.4, 0.5) is 5.82 Å². The molecule has 0 bridgehead atoms. The Morgan fingerprint density at radius 1 is 1.32 bits per heavy atom. The highest BCUT2D eigenvalue weighted by Gasteiger charge is 2.14. The van der Waals surface area contributed by atoms with Crippen LogP contribution in [0.5, 0.6) is 0 Å². The fraction of sp³-hybridized carbons (Fsp3) is 0.231. The van der Waals surface area contributed by atoms with Gasteiger partial charge >= 0.3 is 0 Å². The number of anilines is 1. The Bertz CT molecular complexity index is 599. The molecule has 1 amide bonds. The zero-order chi connectivity index (χ0) is 13.8. The number of carbonyl (C=O) groups is 1. The molecule has 2 N–H and O–H groups in total. The first kappa shape index (κ1) is 12.9. The van der Waals surface area contributed by atoms with Gasteiger partial charge in [0.2, 0.25) is 0 Å². The van der Waals surface area contributed by atoms with Crippen molar-refractivity contribution in [3.05, 3.63) is 47.7 Å². The highest BCUT2D eigenvalue weighted by atomic mass is 16.2. The molecule has 0 aliphatic carbocycles. The van der Waals surface area contributed by atoms with Crippen LogP contribution in [0.15, 0.2) is 30.6 Å². The highest BCUT2D eigenvalue weighted by Crippen LogP contribution is 2.06. The van der Waals surface area contributed by atoms with Gasteiger partial charge in [-0.25, -0.2) is 4.98 Å². The van der Waals surface area contributed by atoms with Gasteiger partial charge in [0.1, 0.15) is 11.5 Å². The first-order chi connectivity index (χ1) is 9.06. The van der Waals surface area contributed by atoms with E-state index in [1.165, 1.54) is 17.3 Å². The number of pyridine rings is 1. The monoisotopic (exact) mass is 257 g/mol. The number of hydrogen-bond donors (Lipinski definition) is 1. The first-order valence-electron chi connectivity index (χ1n) is 5.82. The number of nitrogens with zero attached hydrogens (tertiary/aromatic N) is 4. The molecule has 0 radical (unpaired) electrons. The van der Waals surface area contributed by atoms with Crippen LogP contribution in [0, 0.1) is 6.92 Å². The molecule has 0 fully saturated rings. The number of aryl methyl sites for hydroxylation is 1. The number of rotatable bonds is 3. The zero-order valence-corrected chi connectivity index (χ0v) is 10.9. The van der Waals surface area contributed by atoms with Gasteiger partial charge in [0.05, 0.1) is 24.6 Å². The Balaban J connectivity index is 2.12. The molecule has 0 atom stereocenters. The molecule has 6 nitrogen and oxygen atoms in total. The third-order valence-electron chi connectivity index (χ3n) is 2.56. The second-order valence-corrected chi connectivity index (χ2v) is 4.26. The van der Waals surface area contributed by atoms with Crippen molar-refractivity contribution < 1.29 is 4.79 Å². The maximum absolute atomic E-state index is 12.1. The lowest BCUT2D eigenvalue weighted by molar-refractivity contribution is 0.0777. The molecule has 0 aliphatic rings. The summed E-state index contributed by atoms with van der Waals surface area (Å²) in [7, 11) is 1.69. The van der Waals surface area contributed by atoms with Gasteiger partial charge in [-0.1, -0.05) is 6.07 Å². The summed E-state index contributed by atoms with van der Waals surface area (Å²) in [5.41, 5.74) is 7.49. The Kier molecular flexibility index (Phi) is 3.70. The van der Waals surface area contributed by atoms with E-state index in [1.54, 1.807) is 7.05 Å². The maximum atomic E-state index is 12.1. The lowest BCUT2D eigenvalue weighted by Crippen LogP contribution is -2.27. The van der Waals surface area contributed by atoms with Crippen molar-refractivity contribution >= 4 is 11.7 Å². The fourth-order valence-electron chi connectivity index (χ4n) is 1.68. The molecule has 2 aromatic heterocycles. The Morgan fingerprint density at radius 3 is 2.79 bits per heavy atom. The third kappa shape index (κ3) is 3.25. The van der Waals surface area contributed by atoms with Gasteiger partial charge in [-0.05, 0) is 19.1 Å². The van der Waals surface area contributed by atoms with E-state index >= 15 is 0 Å². The minimum absolute atomic E-state index is 0.230. The van der Waals surface area contributed by atoms with Crippen LogP contribution in [0.25, 0.3) is 0 Å². The van der Waals surface area contributed by atoms with E-state index in [0.717, 1.165) is 11.4 Å². The predicted molar refractivity (Wildman–Crippen MR) is 71.2 cm³/mol. The first-order valence-corrected chi connectivity index (χ1v) is 5.82. The van der Waals surface area contributed by atoms with E-state index < -0.39 is 0 Å². The number of nitrogen functional groups attached to an aromatic ring is 1. The molecule has 6 heteroatoms. The second-order valence-electron chi connectivity index (χ2n) is 4.26. The number of nitrogens with two attached hydrogens (primary N) is 1. The van der Waals surface area contributed by atoms with Crippen molar-refractivity contribution in [2.45, 2.75) is 13.5 Å². The third-order valence-corrected chi connectivity index (χ3v) is 2.56. The van der Waals surface area contributed by atoms with E-state index in [-0.39, 0.29) is 17.4 Å². The minimum Gasteiger partial charge on any atom is -0.382 e. The summed E-state index contributed by atoms with van der Waals surface area (Å²) in [6.07, 6.45) is 2.80. The lowest BCUT2D eigenvalue weighted by Gasteiger charge is -2.16. The summed E-state index contributed by atoms with van der Waals surface area (Å²) < 4.78 is 0. The molecule has 2 heterocycles. The average molecular weight is 257 g/mol. The number of aromatic nitrogens is 3. The van der Waals surface area contributed by atoms with Crippen molar-refractivity contribution in [3.63, 3.8) is 0 Å². The number of hydrogen-bond acceptors (Lipinski definition) is 5.